The average Bonchev–Trinajstić information content (AvgIpc) is 2.19. The standard InChI is InChI=1S/C5H12N2O.C5H10O/c1-3-7(4-2)5(6)8;1-3-5(6)4-2/h3-4H2,1-2H3,(H2,6,8);3-4H2,1-2H3. The Balaban J connectivity index is 0. The van der Waals surface area contributed by atoms with Crippen molar-refractivity contribution in [2.75, 3.05) is 13.1 Å². The van der Waals surface area contributed by atoms with Gasteiger partial charge in [0.2, 0.25) is 0 Å². The van der Waals surface area contributed by atoms with Gasteiger partial charge in [0.05, 0.1) is 0 Å². The highest BCUT2D eigenvalue weighted by molar-refractivity contribution is 5.77. The minimum Gasteiger partial charge on any atom is -0.351 e. The molecule has 0 aromatic rings. The number of urea groups is 1. The number of primary amides is 1. The fourth-order valence-corrected chi connectivity index (χ4v) is 0.785. The Bertz CT molecular complexity index is 160. The van der Waals surface area contributed by atoms with E-state index in [1.807, 2.05) is 27.7 Å². The fraction of sp³-hybridized carbons (Fsp3) is 0.800. The van der Waals surface area contributed by atoms with E-state index in [0.29, 0.717) is 31.7 Å². The second-order valence-corrected chi connectivity index (χ2v) is 2.76. The van der Waals surface area contributed by atoms with E-state index in [2.05, 4.69) is 0 Å². The van der Waals surface area contributed by atoms with Crippen molar-refractivity contribution in [1.29, 1.82) is 0 Å². The van der Waals surface area contributed by atoms with Gasteiger partial charge >= 0.3 is 6.03 Å². The van der Waals surface area contributed by atoms with Crippen LogP contribution in [0.3, 0.4) is 0 Å². The van der Waals surface area contributed by atoms with Gasteiger partial charge in [-0.15, -0.1) is 0 Å². The summed E-state index contributed by atoms with van der Waals surface area (Å²) >= 11 is 0. The molecule has 2 N–H and O–H groups in total. The van der Waals surface area contributed by atoms with Gasteiger partial charge in [0, 0.05) is 25.9 Å². The molecule has 0 aromatic heterocycles. The molecule has 0 saturated heterocycles. The summed E-state index contributed by atoms with van der Waals surface area (Å²) in [6.07, 6.45) is 1.38. The van der Waals surface area contributed by atoms with E-state index < -0.39 is 0 Å². The molecule has 0 rings (SSSR count). The summed E-state index contributed by atoms with van der Waals surface area (Å²) in [7, 11) is 0. The van der Waals surface area contributed by atoms with E-state index in [4.69, 9.17) is 5.73 Å². The first-order valence-electron chi connectivity index (χ1n) is 5.09. The summed E-state index contributed by atoms with van der Waals surface area (Å²) in [5, 5.41) is 0. The molecule has 4 nitrogen and oxygen atoms in total. The number of amides is 2. The Morgan fingerprint density at radius 1 is 1.00 bits per heavy atom. The molecule has 0 radical (unpaired) electrons. The van der Waals surface area contributed by atoms with Gasteiger partial charge in [0.25, 0.3) is 0 Å². The van der Waals surface area contributed by atoms with Gasteiger partial charge in [-0.3, -0.25) is 4.79 Å². The lowest BCUT2D eigenvalue weighted by Gasteiger charge is -2.13. The van der Waals surface area contributed by atoms with Gasteiger partial charge in [-0.2, -0.15) is 0 Å². The van der Waals surface area contributed by atoms with Crippen molar-refractivity contribution in [2.24, 2.45) is 5.73 Å². The van der Waals surface area contributed by atoms with E-state index in [0.717, 1.165) is 0 Å². The summed E-state index contributed by atoms with van der Waals surface area (Å²) in [5.74, 6) is 0.343. The third-order valence-electron chi connectivity index (χ3n) is 1.86. The fourth-order valence-electron chi connectivity index (χ4n) is 0.785. The molecule has 0 heterocycles. The van der Waals surface area contributed by atoms with E-state index >= 15 is 0 Å². The molecule has 84 valence electrons. The monoisotopic (exact) mass is 202 g/mol. The predicted molar refractivity (Wildman–Crippen MR) is 58.1 cm³/mol. The summed E-state index contributed by atoms with van der Waals surface area (Å²) in [6.45, 7) is 8.96. The number of carbonyl (C=O) groups is 2. The number of Topliss-reactive ketones (excluding diaryl/α,β-unsaturated/α-hetero) is 1. The number of hydrogen-bond donors (Lipinski definition) is 1. The van der Waals surface area contributed by atoms with Crippen LogP contribution < -0.4 is 5.73 Å². The van der Waals surface area contributed by atoms with Crippen LogP contribution in [0.15, 0.2) is 0 Å². The van der Waals surface area contributed by atoms with Crippen molar-refractivity contribution in [3.05, 3.63) is 0 Å². The van der Waals surface area contributed by atoms with Gasteiger partial charge in [-0.1, -0.05) is 13.8 Å². The molecular formula is C10H22N2O2. The van der Waals surface area contributed by atoms with Gasteiger partial charge in [0.15, 0.2) is 0 Å². The summed E-state index contributed by atoms with van der Waals surface area (Å²) in [4.78, 5) is 22.0. The van der Waals surface area contributed by atoms with Crippen LogP contribution >= 0.6 is 0 Å². The van der Waals surface area contributed by atoms with E-state index in [1.54, 1.807) is 4.90 Å². The average molecular weight is 202 g/mol. The Morgan fingerprint density at radius 2 is 1.36 bits per heavy atom. The van der Waals surface area contributed by atoms with Crippen LogP contribution in [0.1, 0.15) is 40.5 Å². The zero-order valence-electron chi connectivity index (χ0n) is 9.67. The number of nitrogens with two attached hydrogens (primary N) is 1. The maximum atomic E-state index is 10.3. The number of hydrogen-bond acceptors (Lipinski definition) is 2. The predicted octanol–water partition coefficient (Wildman–Crippen LogP) is 1.78. The number of nitrogens with zero attached hydrogens (tertiary/aromatic N) is 1. The third-order valence-corrected chi connectivity index (χ3v) is 1.86. The molecule has 0 spiro atoms. The number of ketones is 1. The van der Waals surface area contributed by atoms with Gasteiger partial charge in [-0.25, -0.2) is 4.79 Å². The molecule has 0 aliphatic heterocycles. The molecule has 0 fully saturated rings. The largest absolute Gasteiger partial charge is 0.351 e. The topological polar surface area (TPSA) is 63.4 Å². The van der Waals surface area contributed by atoms with Crippen LogP contribution in [0, 0.1) is 0 Å². The Hall–Kier alpha value is -1.06. The smallest absolute Gasteiger partial charge is 0.314 e. The zero-order chi connectivity index (χ0) is 11.6. The number of carbonyl (C=O) groups excluding carboxylic acids is 2. The molecule has 0 saturated carbocycles. The molecule has 2 amide bonds. The Labute approximate surface area is 86.5 Å². The van der Waals surface area contributed by atoms with Crippen molar-refractivity contribution < 1.29 is 9.59 Å². The zero-order valence-corrected chi connectivity index (χ0v) is 9.67. The van der Waals surface area contributed by atoms with Crippen LogP contribution in [0.4, 0.5) is 4.79 Å². The van der Waals surface area contributed by atoms with Crippen LogP contribution in [-0.4, -0.2) is 29.8 Å². The van der Waals surface area contributed by atoms with Crippen molar-refractivity contribution in [3.8, 4) is 0 Å². The minimum absolute atomic E-state index is 0.338. The Kier molecular flexibility index (Phi) is 11.0. The maximum Gasteiger partial charge on any atom is 0.314 e. The van der Waals surface area contributed by atoms with E-state index in [1.165, 1.54) is 0 Å². The lowest BCUT2D eigenvalue weighted by atomic mass is 10.3. The second kappa shape index (κ2) is 10.0. The quantitative estimate of drug-likeness (QED) is 0.755. The van der Waals surface area contributed by atoms with Crippen molar-refractivity contribution in [2.45, 2.75) is 40.5 Å². The van der Waals surface area contributed by atoms with Crippen molar-refractivity contribution in [3.63, 3.8) is 0 Å². The van der Waals surface area contributed by atoms with Crippen LogP contribution in [-0.2, 0) is 4.79 Å². The lowest BCUT2D eigenvalue weighted by molar-refractivity contribution is -0.118. The van der Waals surface area contributed by atoms with Crippen LogP contribution in [0.2, 0.25) is 0 Å². The first-order valence-corrected chi connectivity index (χ1v) is 5.09. The van der Waals surface area contributed by atoms with Gasteiger partial charge in [0.1, 0.15) is 5.78 Å². The van der Waals surface area contributed by atoms with Crippen molar-refractivity contribution >= 4 is 11.8 Å². The van der Waals surface area contributed by atoms with Gasteiger partial charge in [-0.05, 0) is 13.8 Å². The highest BCUT2D eigenvalue weighted by Gasteiger charge is 2.00. The maximum absolute atomic E-state index is 10.3. The summed E-state index contributed by atoms with van der Waals surface area (Å²) in [5.41, 5.74) is 4.94. The Morgan fingerprint density at radius 3 is 1.36 bits per heavy atom. The molecule has 14 heavy (non-hydrogen) atoms. The van der Waals surface area contributed by atoms with Crippen LogP contribution in [0.5, 0.6) is 0 Å². The molecular weight excluding hydrogens is 180 g/mol. The molecule has 0 aliphatic carbocycles. The summed E-state index contributed by atoms with van der Waals surface area (Å²) in [6, 6.07) is -0.338. The molecule has 4 heteroatoms. The van der Waals surface area contributed by atoms with E-state index in [9.17, 15) is 9.59 Å². The summed E-state index contributed by atoms with van der Waals surface area (Å²) < 4.78 is 0. The highest BCUT2D eigenvalue weighted by Crippen LogP contribution is 1.83. The molecule has 0 unspecified atom stereocenters. The molecule has 0 atom stereocenters. The molecule has 0 aliphatic rings. The SMILES string of the molecule is CCC(=O)CC.CCN(CC)C(N)=O. The third kappa shape index (κ3) is 9.03. The van der Waals surface area contributed by atoms with Crippen LogP contribution in [0.25, 0.3) is 0 Å². The first-order chi connectivity index (χ1) is 6.53. The lowest BCUT2D eigenvalue weighted by Crippen LogP contribution is -2.35. The molecule has 0 bridgehead atoms. The normalized spacial score (nSPS) is 8.57. The van der Waals surface area contributed by atoms with E-state index in [-0.39, 0.29) is 6.03 Å². The minimum atomic E-state index is -0.338. The highest BCUT2D eigenvalue weighted by atomic mass is 16.2. The second-order valence-electron chi connectivity index (χ2n) is 2.76. The molecule has 0 aromatic carbocycles. The van der Waals surface area contributed by atoms with Crippen molar-refractivity contribution in [1.82, 2.24) is 4.90 Å². The van der Waals surface area contributed by atoms with Gasteiger partial charge < -0.3 is 10.6 Å². The number of rotatable bonds is 4. The first kappa shape index (κ1) is 15.4.